The van der Waals surface area contributed by atoms with Gasteiger partial charge in [-0.1, -0.05) is 43.3 Å². The molecule has 1 atom stereocenters. The minimum absolute atomic E-state index is 0.609. The van der Waals surface area contributed by atoms with E-state index in [1.54, 1.807) is 27.7 Å². The standard InChI is InChI=1S/C32H25BF10P/c1-12-7-14(3)31(15(4)8-12)44(32-16(5)9-13(2)10-17(32)6)18-11-33(18,19-21(34)25(38)29(42)26(39)22(19)35)20-23(36)27(40)30(43)28(41)24(20)37/h7-10,18H,11H2,1-6H3/q-1/t18-/m1/s1. The first-order valence-electron chi connectivity index (χ1n) is 13.6. The molecule has 0 unspecified atom stereocenters. The lowest BCUT2D eigenvalue weighted by Gasteiger charge is -2.35. The Labute approximate surface area is 248 Å². The molecule has 5 rings (SSSR count). The second kappa shape index (κ2) is 10.9. The highest BCUT2D eigenvalue weighted by Gasteiger charge is 2.59. The summed E-state index contributed by atoms with van der Waals surface area (Å²) in [6.45, 7) is 10.6. The number of benzene rings is 4. The van der Waals surface area contributed by atoms with Crippen LogP contribution in [-0.2, 0) is 0 Å². The zero-order chi connectivity index (χ0) is 32.7. The van der Waals surface area contributed by atoms with Gasteiger partial charge in [-0.2, -0.15) is 11.9 Å². The van der Waals surface area contributed by atoms with Crippen molar-refractivity contribution in [3.8, 4) is 0 Å². The van der Waals surface area contributed by atoms with Gasteiger partial charge in [0.15, 0.2) is 34.9 Å². The van der Waals surface area contributed by atoms with Gasteiger partial charge in [-0.3, -0.25) is 0 Å². The summed E-state index contributed by atoms with van der Waals surface area (Å²) in [6.07, 6.45) is -4.40. The Kier molecular flexibility index (Phi) is 7.97. The molecule has 12 heteroatoms. The van der Waals surface area contributed by atoms with Crippen molar-refractivity contribution in [1.29, 1.82) is 0 Å². The highest BCUT2D eigenvalue weighted by atomic mass is 31.1. The van der Waals surface area contributed by atoms with Crippen molar-refractivity contribution in [1.82, 2.24) is 0 Å². The minimum Gasteiger partial charge on any atom is -0.207 e. The normalized spacial score (nSPS) is 15.8. The summed E-state index contributed by atoms with van der Waals surface area (Å²) in [6, 6.07) is 7.24. The van der Waals surface area contributed by atoms with Crippen molar-refractivity contribution in [3.63, 3.8) is 0 Å². The second-order valence-electron chi connectivity index (χ2n) is 11.8. The first-order valence-corrected chi connectivity index (χ1v) is 15.0. The summed E-state index contributed by atoms with van der Waals surface area (Å²) < 4.78 is 150. The topological polar surface area (TPSA) is 0 Å². The lowest BCUT2D eigenvalue weighted by Crippen LogP contribution is -2.56. The van der Waals surface area contributed by atoms with Gasteiger partial charge in [0.25, 0.3) is 0 Å². The molecular formula is C32H25BF10P-. The molecule has 0 saturated carbocycles. The lowest BCUT2D eigenvalue weighted by molar-refractivity contribution is 0.382. The predicted octanol–water partition coefficient (Wildman–Crippen LogP) is 7.55. The van der Waals surface area contributed by atoms with Gasteiger partial charge >= 0.3 is 0 Å². The van der Waals surface area contributed by atoms with Gasteiger partial charge in [-0.25, -0.2) is 43.9 Å². The van der Waals surface area contributed by atoms with E-state index in [2.05, 4.69) is 0 Å². The zero-order valence-corrected chi connectivity index (χ0v) is 25.3. The van der Waals surface area contributed by atoms with Crippen LogP contribution in [0.25, 0.3) is 0 Å². The molecule has 0 bridgehead atoms. The van der Waals surface area contributed by atoms with E-state index in [1.165, 1.54) is 0 Å². The molecule has 0 amide bonds. The van der Waals surface area contributed by atoms with Crippen LogP contribution in [0, 0.1) is 99.7 Å². The number of rotatable bonds is 5. The van der Waals surface area contributed by atoms with Crippen molar-refractivity contribution in [2.45, 2.75) is 53.4 Å². The number of hydrogen-bond donors (Lipinski definition) is 0. The molecule has 0 spiro atoms. The van der Waals surface area contributed by atoms with Gasteiger partial charge in [0, 0.05) is 0 Å². The van der Waals surface area contributed by atoms with E-state index in [0.717, 1.165) is 11.1 Å². The quantitative estimate of drug-likeness (QED) is 0.0695. The van der Waals surface area contributed by atoms with Crippen LogP contribution in [0.15, 0.2) is 24.3 Å². The largest absolute Gasteiger partial charge is 0.207 e. The predicted molar refractivity (Wildman–Crippen MR) is 154 cm³/mol. The molecule has 1 heterocycles. The Morgan fingerprint density at radius 3 is 0.977 bits per heavy atom. The number of hydrogen-bond acceptors (Lipinski definition) is 0. The van der Waals surface area contributed by atoms with Gasteiger partial charge in [0.1, 0.15) is 23.3 Å². The van der Waals surface area contributed by atoms with Crippen molar-refractivity contribution in [2.75, 3.05) is 0 Å². The molecule has 232 valence electrons. The van der Waals surface area contributed by atoms with E-state index in [4.69, 9.17) is 0 Å². The number of halogens is 10. The highest BCUT2D eigenvalue weighted by molar-refractivity contribution is 7.78. The first kappa shape index (κ1) is 32.1. The summed E-state index contributed by atoms with van der Waals surface area (Å²) >= 11 is 0. The molecule has 0 radical (unpaired) electrons. The summed E-state index contributed by atoms with van der Waals surface area (Å²) in [5.41, 5.74) is -0.0189. The smallest absolute Gasteiger partial charge is 0.200 e. The van der Waals surface area contributed by atoms with E-state index < -0.39 is 95.0 Å². The molecule has 1 aliphatic rings. The van der Waals surface area contributed by atoms with Gasteiger partial charge in [-0.15, -0.1) is 10.9 Å². The van der Waals surface area contributed by atoms with Crippen LogP contribution >= 0.6 is 7.92 Å². The summed E-state index contributed by atoms with van der Waals surface area (Å²) in [5, 5.41) is 1.23. The Bertz CT molecular complexity index is 1660. The molecule has 0 nitrogen and oxygen atoms in total. The molecule has 1 fully saturated rings. The van der Waals surface area contributed by atoms with E-state index in [-0.39, 0.29) is 0 Å². The Balaban J connectivity index is 1.97. The Morgan fingerprint density at radius 2 is 0.705 bits per heavy atom. The third-order valence-electron chi connectivity index (χ3n) is 8.67. The third kappa shape index (κ3) is 4.56. The molecule has 44 heavy (non-hydrogen) atoms. The first-order chi connectivity index (χ1) is 20.5. The van der Waals surface area contributed by atoms with Crippen LogP contribution in [0.1, 0.15) is 33.4 Å². The van der Waals surface area contributed by atoms with E-state index in [0.29, 0.717) is 32.9 Å². The molecule has 1 saturated heterocycles. The van der Waals surface area contributed by atoms with Crippen molar-refractivity contribution in [2.24, 2.45) is 0 Å². The van der Waals surface area contributed by atoms with Crippen LogP contribution < -0.4 is 21.5 Å². The van der Waals surface area contributed by atoms with Gasteiger partial charge in [0.2, 0.25) is 0 Å². The lowest BCUT2D eigenvalue weighted by atomic mass is 9.32. The van der Waals surface area contributed by atoms with Crippen molar-refractivity contribution in [3.05, 3.63) is 116 Å². The maximum atomic E-state index is 15.6. The van der Waals surface area contributed by atoms with Crippen LogP contribution in [0.5, 0.6) is 0 Å². The molecule has 4 aromatic rings. The molecule has 0 aromatic heterocycles. The van der Waals surface area contributed by atoms with Crippen LogP contribution in [0.3, 0.4) is 0 Å². The van der Waals surface area contributed by atoms with Gasteiger partial charge < -0.3 is 0 Å². The Hall–Kier alpha value is -3.33. The van der Waals surface area contributed by atoms with Crippen molar-refractivity contribution < 1.29 is 43.9 Å². The van der Waals surface area contributed by atoms with Gasteiger partial charge in [0.05, 0.1) is 6.15 Å². The second-order valence-corrected chi connectivity index (χ2v) is 14.1. The van der Waals surface area contributed by atoms with Crippen LogP contribution in [0.2, 0.25) is 6.32 Å². The SMILES string of the molecule is Cc1cc(C)c(P(c2c(C)cc(C)cc2C)[C@@H]2C[B-]2(c2c(F)c(F)c(F)c(F)c2F)c2c(F)c(F)c(F)c(F)c2F)c(C)c1. The monoisotopic (exact) mass is 641 g/mol. The molecular weight excluding hydrogens is 616 g/mol. The summed E-state index contributed by atoms with van der Waals surface area (Å²) in [7, 11) is -1.96. The highest BCUT2D eigenvalue weighted by Crippen LogP contribution is 2.60. The van der Waals surface area contributed by atoms with Gasteiger partial charge in [-0.05, 0) is 74.4 Å². The minimum atomic E-state index is -3.80. The fraction of sp³-hybridized carbons (Fsp3) is 0.250. The van der Waals surface area contributed by atoms with Crippen LogP contribution in [-0.4, -0.2) is 11.7 Å². The molecule has 0 aliphatic carbocycles. The molecule has 1 aliphatic heterocycles. The zero-order valence-electron chi connectivity index (χ0n) is 24.4. The molecule has 4 aromatic carbocycles. The van der Waals surface area contributed by atoms with E-state index in [9.17, 15) is 26.3 Å². The fourth-order valence-corrected chi connectivity index (χ4v) is 11.1. The Morgan fingerprint density at radius 1 is 0.455 bits per heavy atom. The van der Waals surface area contributed by atoms with Crippen LogP contribution in [0.4, 0.5) is 43.9 Å². The number of aryl methyl sites for hydroxylation is 6. The average Bonchev–Trinajstić information content (AvgIpc) is 3.66. The molecule has 0 N–H and O–H groups in total. The third-order valence-corrected chi connectivity index (χ3v) is 12.4. The maximum Gasteiger partial charge on any atom is 0.200 e. The maximum absolute atomic E-state index is 15.6. The van der Waals surface area contributed by atoms with E-state index >= 15 is 17.6 Å². The van der Waals surface area contributed by atoms with Crippen molar-refractivity contribution >= 4 is 35.6 Å². The summed E-state index contributed by atoms with van der Waals surface area (Å²) in [4.78, 5) is 0. The fourth-order valence-electron chi connectivity index (χ4n) is 7.12. The average molecular weight is 641 g/mol. The van der Waals surface area contributed by atoms with E-state index in [1.807, 2.05) is 38.1 Å². The summed E-state index contributed by atoms with van der Waals surface area (Å²) in [5.74, 6) is -24.1.